The zero-order valence-electron chi connectivity index (χ0n) is 10.9. The fourth-order valence-electron chi connectivity index (χ4n) is 2.30. The summed E-state index contributed by atoms with van der Waals surface area (Å²) in [6, 6.07) is 0.273. The third kappa shape index (κ3) is 3.40. The van der Waals surface area contributed by atoms with Crippen molar-refractivity contribution in [1.82, 2.24) is 19.6 Å². The van der Waals surface area contributed by atoms with Gasteiger partial charge < -0.3 is 5.73 Å². The van der Waals surface area contributed by atoms with Crippen LogP contribution in [0.2, 0.25) is 0 Å². The Kier molecular flexibility index (Phi) is 4.33. The highest BCUT2D eigenvalue weighted by molar-refractivity contribution is 7.89. The van der Waals surface area contributed by atoms with Crippen LogP contribution in [0.5, 0.6) is 0 Å². The lowest BCUT2D eigenvalue weighted by Crippen LogP contribution is -2.40. The number of aromatic nitrogens is 2. The molecular formula is C11H19N5O2S. The van der Waals surface area contributed by atoms with Crippen molar-refractivity contribution in [1.29, 1.82) is 0 Å². The number of anilines is 1. The van der Waals surface area contributed by atoms with Crippen LogP contribution in [-0.2, 0) is 10.0 Å². The second-order valence-corrected chi connectivity index (χ2v) is 6.32. The van der Waals surface area contributed by atoms with Crippen LogP contribution in [0.1, 0.15) is 19.8 Å². The molecule has 1 unspecified atom stereocenters. The third-order valence-electron chi connectivity index (χ3n) is 3.37. The molecule has 0 bridgehead atoms. The summed E-state index contributed by atoms with van der Waals surface area (Å²) in [5, 5.41) is 0. The van der Waals surface area contributed by atoms with Crippen molar-refractivity contribution in [3.63, 3.8) is 0 Å². The summed E-state index contributed by atoms with van der Waals surface area (Å²) in [5.41, 5.74) is 5.34. The maximum atomic E-state index is 12.0. The van der Waals surface area contributed by atoms with Crippen LogP contribution < -0.4 is 10.5 Å². The Morgan fingerprint density at radius 2 is 2.16 bits per heavy atom. The van der Waals surface area contributed by atoms with Crippen LogP contribution in [0, 0.1) is 0 Å². The van der Waals surface area contributed by atoms with E-state index >= 15 is 0 Å². The Bertz CT molecular complexity index is 516. The normalized spacial score (nSPS) is 20.8. The number of sulfonamides is 1. The van der Waals surface area contributed by atoms with Crippen molar-refractivity contribution in [3.8, 4) is 0 Å². The number of nitrogens with two attached hydrogens (primary N) is 1. The van der Waals surface area contributed by atoms with E-state index in [1.807, 2.05) is 0 Å². The van der Waals surface area contributed by atoms with Crippen LogP contribution in [0.3, 0.4) is 0 Å². The predicted molar refractivity (Wildman–Crippen MR) is 71.9 cm³/mol. The largest absolute Gasteiger partial charge is 0.368 e. The van der Waals surface area contributed by atoms with Crippen molar-refractivity contribution in [3.05, 3.63) is 12.4 Å². The molecule has 0 amide bonds. The van der Waals surface area contributed by atoms with Gasteiger partial charge in [-0.2, -0.15) is 0 Å². The lowest BCUT2D eigenvalue weighted by atomic mass is 10.2. The van der Waals surface area contributed by atoms with E-state index in [0.29, 0.717) is 6.54 Å². The van der Waals surface area contributed by atoms with Crippen LogP contribution >= 0.6 is 0 Å². The second-order valence-electron chi connectivity index (χ2n) is 4.55. The third-order valence-corrected chi connectivity index (χ3v) is 4.75. The number of likely N-dealkylation sites (N-methyl/N-ethyl adjacent to an activating group) is 1. The van der Waals surface area contributed by atoms with Gasteiger partial charge in [0.15, 0.2) is 0 Å². The molecular weight excluding hydrogens is 266 g/mol. The smallest absolute Gasteiger partial charge is 0.243 e. The van der Waals surface area contributed by atoms with Crippen molar-refractivity contribution in [2.24, 2.45) is 0 Å². The van der Waals surface area contributed by atoms with E-state index in [2.05, 4.69) is 26.5 Å². The number of nitrogens with zero attached hydrogens (tertiary/aromatic N) is 3. The molecule has 7 nitrogen and oxygen atoms in total. The van der Waals surface area contributed by atoms with Crippen molar-refractivity contribution >= 4 is 16.0 Å². The second kappa shape index (κ2) is 5.81. The maximum Gasteiger partial charge on any atom is 0.243 e. The Morgan fingerprint density at radius 3 is 2.79 bits per heavy atom. The summed E-state index contributed by atoms with van der Waals surface area (Å²) < 4.78 is 26.7. The molecule has 1 aromatic rings. The first-order chi connectivity index (χ1) is 9.03. The molecule has 0 aromatic carbocycles. The Balaban J connectivity index is 2.00. The summed E-state index contributed by atoms with van der Waals surface area (Å²) in [7, 11) is -3.55. The monoisotopic (exact) mass is 285 g/mol. The van der Waals surface area contributed by atoms with Gasteiger partial charge in [-0.15, -0.1) is 0 Å². The SMILES string of the molecule is CCN1CCCC1CNS(=O)(=O)c1cnc(N)nc1. The molecule has 0 radical (unpaired) electrons. The van der Waals surface area contributed by atoms with E-state index < -0.39 is 10.0 Å². The van der Waals surface area contributed by atoms with Gasteiger partial charge in [-0.05, 0) is 25.9 Å². The first-order valence-electron chi connectivity index (χ1n) is 6.34. The van der Waals surface area contributed by atoms with Gasteiger partial charge in [0.2, 0.25) is 16.0 Å². The summed E-state index contributed by atoms with van der Waals surface area (Å²) in [5.74, 6) is 0.0619. The van der Waals surface area contributed by atoms with E-state index in [1.165, 1.54) is 12.4 Å². The quantitative estimate of drug-likeness (QED) is 0.778. The van der Waals surface area contributed by atoms with E-state index in [0.717, 1.165) is 25.9 Å². The molecule has 1 atom stereocenters. The number of hydrogen-bond acceptors (Lipinski definition) is 6. The average Bonchev–Trinajstić information content (AvgIpc) is 2.84. The average molecular weight is 285 g/mol. The fraction of sp³-hybridized carbons (Fsp3) is 0.636. The van der Waals surface area contributed by atoms with Gasteiger partial charge in [0.1, 0.15) is 4.90 Å². The zero-order chi connectivity index (χ0) is 13.9. The summed E-state index contributed by atoms with van der Waals surface area (Å²) >= 11 is 0. The minimum absolute atomic E-state index is 0.0442. The molecule has 1 saturated heterocycles. The first kappa shape index (κ1) is 14.2. The van der Waals surface area contributed by atoms with Crippen molar-refractivity contribution in [2.45, 2.75) is 30.7 Å². The highest BCUT2D eigenvalue weighted by Gasteiger charge is 2.25. The zero-order valence-corrected chi connectivity index (χ0v) is 11.7. The van der Waals surface area contributed by atoms with Gasteiger partial charge in [-0.25, -0.2) is 23.1 Å². The van der Waals surface area contributed by atoms with Crippen LogP contribution in [0.15, 0.2) is 17.3 Å². The van der Waals surface area contributed by atoms with Gasteiger partial charge in [0, 0.05) is 12.6 Å². The van der Waals surface area contributed by atoms with E-state index in [4.69, 9.17) is 5.73 Å². The molecule has 2 heterocycles. The highest BCUT2D eigenvalue weighted by atomic mass is 32.2. The van der Waals surface area contributed by atoms with Crippen LogP contribution in [0.25, 0.3) is 0 Å². The van der Waals surface area contributed by atoms with Crippen LogP contribution in [0.4, 0.5) is 5.95 Å². The Morgan fingerprint density at radius 1 is 1.47 bits per heavy atom. The number of likely N-dealkylation sites (tertiary alicyclic amines) is 1. The van der Waals surface area contributed by atoms with E-state index in [1.54, 1.807) is 0 Å². The van der Waals surface area contributed by atoms with Gasteiger partial charge in [-0.1, -0.05) is 6.92 Å². The summed E-state index contributed by atoms with van der Waals surface area (Å²) in [6.45, 7) is 4.48. The molecule has 106 valence electrons. The number of hydrogen-bond donors (Lipinski definition) is 2. The predicted octanol–water partition coefficient (Wildman–Crippen LogP) is -0.179. The molecule has 8 heteroatoms. The molecule has 0 spiro atoms. The lowest BCUT2D eigenvalue weighted by Gasteiger charge is -2.22. The standard InChI is InChI=1S/C11H19N5O2S/c1-2-16-5-3-4-9(16)6-15-19(17,18)10-7-13-11(12)14-8-10/h7-9,15H,2-6H2,1H3,(H2,12,13,14). The number of rotatable bonds is 5. The van der Waals surface area contributed by atoms with Crippen LogP contribution in [-0.4, -0.2) is 49.0 Å². The Labute approximate surface area is 113 Å². The molecule has 1 aliphatic rings. The summed E-state index contributed by atoms with van der Waals surface area (Å²) in [6.07, 6.45) is 4.58. The lowest BCUT2D eigenvalue weighted by molar-refractivity contribution is 0.268. The topological polar surface area (TPSA) is 101 Å². The highest BCUT2D eigenvalue weighted by Crippen LogP contribution is 2.16. The minimum atomic E-state index is -3.55. The molecule has 1 fully saturated rings. The molecule has 19 heavy (non-hydrogen) atoms. The fourth-order valence-corrected chi connectivity index (χ4v) is 3.26. The van der Waals surface area contributed by atoms with Crippen molar-refractivity contribution in [2.75, 3.05) is 25.4 Å². The van der Waals surface area contributed by atoms with Crippen molar-refractivity contribution < 1.29 is 8.42 Å². The minimum Gasteiger partial charge on any atom is -0.368 e. The Hall–Kier alpha value is -1.25. The van der Waals surface area contributed by atoms with E-state index in [9.17, 15) is 8.42 Å². The molecule has 1 aromatic heterocycles. The number of nitrogen functional groups attached to an aromatic ring is 1. The molecule has 3 N–H and O–H groups in total. The molecule has 0 saturated carbocycles. The van der Waals surface area contributed by atoms with Gasteiger partial charge in [0.25, 0.3) is 0 Å². The van der Waals surface area contributed by atoms with E-state index in [-0.39, 0.29) is 16.9 Å². The maximum absolute atomic E-state index is 12.0. The van der Waals surface area contributed by atoms with Gasteiger partial charge >= 0.3 is 0 Å². The number of nitrogens with one attached hydrogen (secondary N) is 1. The first-order valence-corrected chi connectivity index (χ1v) is 7.82. The van der Waals surface area contributed by atoms with Gasteiger partial charge in [-0.3, -0.25) is 4.90 Å². The van der Waals surface area contributed by atoms with Gasteiger partial charge in [0.05, 0.1) is 12.4 Å². The molecule has 1 aliphatic heterocycles. The molecule has 0 aliphatic carbocycles. The molecule has 2 rings (SSSR count). The summed E-state index contributed by atoms with van der Waals surface area (Å²) in [4.78, 5) is 9.71.